The van der Waals surface area contributed by atoms with Crippen LogP contribution < -0.4 is 10.6 Å². The lowest BCUT2D eigenvalue weighted by Crippen LogP contribution is -2.98. The van der Waals surface area contributed by atoms with Gasteiger partial charge in [-0.1, -0.05) is 13.0 Å². The molecule has 5 atom stereocenters. The highest BCUT2D eigenvalue weighted by Crippen LogP contribution is 2.50. The number of carbonyl (C=O) groups excluding carboxylic acids is 3. The number of hydrogen-bond acceptors (Lipinski definition) is 3. The van der Waals surface area contributed by atoms with Crippen LogP contribution in [0.4, 0.5) is 5.69 Å². The number of aryl methyl sites for hydroxylation is 1. The van der Waals surface area contributed by atoms with Crippen LogP contribution in [0.2, 0.25) is 0 Å². The van der Waals surface area contributed by atoms with Gasteiger partial charge in [0, 0.05) is 11.6 Å². The Balaban J connectivity index is 1.90. The maximum absolute atomic E-state index is 13.3. The molecular weight excluding hydrogens is 330 g/mol. The molecule has 0 aliphatic carbocycles. The van der Waals surface area contributed by atoms with Gasteiger partial charge in [0.1, 0.15) is 11.8 Å². The van der Waals surface area contributed by atoms with Crippen LogP contribution in [0.3, 0.4) is 0 Å². The van der Waals surface area contributed by atoms with Gasteiger partial charge >= 0.3 is 0 Å². The van der Waals surface area contributed by atoms with Crippen molar-refractivity contribution in [1.82, 2.24) is 4.90 Å². The summed E-state index contributed by atoms with van der Waals surface area (Å²) in [5.74, 6) is -1.58. The molecule has 138 valence electrons. The summed E-state index contributed by atoms with van der Waals surface area (Å²) in [6.45, 7) is 9.80. The molecule has 3 heterocycles. The summed E-state index contributed by atoms with van der Waals surface area (Å²) in [6, 6.07) is 3.68. The van der Waals surface area contributed by atoms with Gasteiger partial charge in [0.25, 0.3) is 5.91 Å². The maximum Gasteiger partial charge on any atom is 0.291 e. The molecule has 0 radical (unpaired) electrons. The third kappa shape index (κ3) is 1.83. The first-order valence-electron chi connectivity index (χ1n) is 9.40. The van der Waals surface area contributed by atoms with E-state index in [1.54, 1.807) is 0 Å². The molecule has 1 aromatic rings. The number of amides is 3. The second kappa shape index (κ2) is 5.39. The van der Waals surface area contributed by atoms with Crippen molar-refractivity contribution < 1.29 is 19.7 Å². The highest BCUT2D eigenvalue weighted by Gasteiger charge is 2.73. The molecule has 6 nitrogen and oxygen atoms in total. The smallest absolute Gasteiger partial charge is 0.291 e. The van der Waals surface area contributed by atoms with E-state index in [1.807, 2.05) is 52.1 Å². The zero-order valence-electron chi connectivity index (χ0n) is 15.9. The number of carbonyl (C=O) groups is 3. The van der Waals surface area contributed by atoms with Crippen molar-refractivity contribution >= 4 is 23.4 Å². The van der Waals surface area contributed by atoms with Crippen LogP contribution in [0.25, 0.3) is 0 Å². The molecule has 0 saturated carbocycles. The average Bonchev–Trinajstić information content (AvgIpc) is 3.16. The molecule has 1 aromatic carbocycles. The number of nitrogens with zero attached hydrogens (tertiary/aromatic N) is 1. The van der Waals surface area contributed by atoms with Gasteiger partial charge in [-0.15, -0.1) is 0 Å². The van der Waals surface area contributed by atoms with Crippen LogP contribution in [0, 0.1) is 25.7 Å². The van der Waals surface area contributed by atoms with Crippen LogP contribution >= 0.6 is 0 Å². The van der Waals surface area contributed by atoms with Crippen LogP contribution in [0.15, 0.2) is 12.1 Å². The molecule has 0 unspecified atom stereocenters. The molecule has 4 rings (SSSR count). The Kier molecular flexibility index (Phi) is 3.57. The van der Waals surface area contributed by atoms with Gasteiger partial charge in [-0.2, -0.15) is 0 Å². The number of imide groups is 1. The van der Waals surface area contributed by atoms with Crippen LogP contribution in [0.1, 0.15) is 43.9 Å². The SMILES string of the molecule is CC[C@H](C)N1C(=O)[C@@H]2[C@H](C)[NH2+][C@@]3(C(=O)Nc4c3ccc(C)c4C)[C@@H]2C1=O. The largest absolute Gasteiger partial charge is 0.326 e. The second-order valence-electron chi connectivity index (χ2n) is 8.09. The molecule has 3 amide bonds. The fourth-order valence-corrected chi connectivity index (χ4v) is 5.10. The number of hydrogen-bond donors (Lipinski definition) is 2. The third-order valence-electron chi connectivity index (χ3n) is 6.80. The number of nitrogens with two attached hydrogens (primary N) is 1. The zero-order valence-corrected chi connectivity index (χ0v) is 15.9. The highest BCUT2D eigenvalue weighted by atomic mass is 16.2. The average molecular weight is 356 g/mol. The summed E-state index contributed by atoms with van der Waals surface area (Å²) in [4.78, 5) is 40.9. The summed E-state index contributed by atoms with van der Waals surface area (Å²) in [6.07, 6.45) is 0.711. The Morgan fingerprint density at radius 3 is 2.58 bits per heavy atom. The van der Waals surface area contributed by atoms with E-state index in [2.05, 4.69) is 5.32 Å². The molecule has 26 heavy (non-hydrogen) atoms. The van der Waals surface area contributed by atoms with Gasteiger partial charge in [0.05, 0.1) is 11.7 Å². The number of fused-ring (bicyclic) bond motifs is 4. The van der Waals surface area contributed by atoms with Crippen molar-refractivity contribution in [3.05, 3.63) is 28.8 Å². The molecular formula is C20H26N3O3+. The minimum Gasteiger partial charge on any atom is -0.326 e. The lowest BCUT2D eigenvalue weighted by atomic mass is 9.76. The number of anilines is 1. The Hall–Kier alpha value is -2.21. The summed E-state index contributed by atoms with van der Waals surface area (Å²) < 4.78 is 0. The predicted octanol–water partition coefficient (Wildman–Crippen LogP) is 0.816. The van der Waals surface area contributed by atoms with Crippen molar-refractivity contribution in [2.45, 2.75) is 58.7 Å². The number of rotatable bonds is 2. The van der Waals surface area contributed by atoms with Gasteiger partial charge in [0.2, 0.25) is 17.4 Å². The van der Waals surface area contributed by atoms with Gasteiger partial charge in [-0.3, -0.25) is 19.3 Å². The first-order valence-corrected chi connectivity index (χ1v) is 9.40. The molecule has 3 N–H and O–H groups in total. The van der Waals surface area contributed by atoms with Crippen molar-refractivity contribution in [2.75, 3.05) is 5.32 Å². The second-order valence-corrected chi connectivity index (χ2v) is 8.09. The number of nitrogens with one attached hydrogen (secondary N) is 1. The van der Waals surface area contributed by atoms with E-state index >= 15 is 0 Å². The molecule has 6 heteroatoms. The van der Waals surface area contributed by atoms with Gasteiger partial charge < -0.3 is 10.6 Å². The molecule has 3 aliphatic rings. The zero-order chi connectivity index (χ0) is 19.0. The van der Waals surface area contributed by atoms with Crippen molar-refractivity contribution in [2.24, 2.45) is 11.8 Å². The normalized spacial score (nSPS) is 33.7. The van der Waals surface area contributed by atoms with Crippen molar-refractivity contribution in [3.8, 4) is 0 Å². The van der Waals surface area contributed by atoms with E-state index in [9.17, 15) is 14.4 Å². The monoisotopic (exact) mass is 356 g/mol. The van der Waals surface area contributed by atoms with Gasteiger partial charge in [-0.25, -0.2) is 0 Å². The van der Waals surface area contributed by atoms with E-state index in [4.69, 9.17) is 0 Å². The lowest BCUT2D eigenvalue weighted by molar-refractivity contribution is -0.730. The molecule has 2 saturated heterocycles. The van der Waals surface area contributed by atoms with Crippen molar-refractivity contribution in [1.29, 1.82) is 0 Å². The van der Waals surface area contributed by atoms with E-state index < -0.39 is 17.4 Å². The topological polar surface area (TPSA) is 83.1 Å². The number of benzene rings is 1. The number of quaternary nitrogens is 1. The minimum atomic E-state index is -1.03. The van der Waals surface area contributed by atoms with Gasteiger partial charge in [0.15, 0.2) is 0 Å². The van der Waals surface area contributed by atoms with Crippen LogP contribution in [-0.4, -0.2) is 34.7 Å². The fraction of sp³-hybridized carbons (Fsp3) is 0.550. The minimum absolute atomic E-state index is 0.121. The summed E-state index contributed by atoms with van der Waals surface area (Å²) in [5, 5.41) is 4.96. The predicted molar refractivity (Wildman–Crippen MR) is 96.2 cm³/mol. The Morgan fingerprint density at radius 1 is 1.23 bits per heavy atom. The van der Waals surface area contributed by atoms with Crippen LogP contribution in [0.5, 0.6) is 0 Å². The first-order chi connectivity index (χ1) is 12.3. The summed E-state index contributed by atoms with van der Waals surface area (Å²) in [7, 11) is 0. The fourth-order valence-electron chi connectivity index (χ4n) is 5.10. The van der Waals surface area contributed by atoms with E-state index in [1.165, 1.54) is 4.90 Å². The van der Waals surface area contributed by atoms with Crippen LogP contribution in [-0.2, 0) is 19.9 Å². The summed E-state index contributed by atoms with van der Waals surface area (Å²) in [5.41, 5.74) is 2.73. The summed E-state index contributed by atoms with van der Waals surface area (Å²) >= 11 is 0. The van der Waals surface area contributed by atoms with Gasteiger partial charge in [-0.05, 0) is 51.3 Å². The van der Waals surface area contributed by atoms with Crippen molar-refractivity contribution in [3.63, 3.8) is 0 Å². The quantitative estimate of drug-likeness (QED) is 0.770. The van der Waals surface area contributed by atoms with E-state index in [-0.39, 0.29) is 29.8 Å². The molecule has 3 aliphatic heterocycles. The van der Waals surface area contributed by atoms with E-state index in [0.717, 1.165) is 22.4 Å². The first kappa shape index (κ1) is 17.2. The Bertz CT molecular complexity index is 849. The number of likely N-dealkylation sites (tertiary alicyclic amines) is 1. The third-order valence-corrected chi connectivity index (χ3v) is 6.80. The highest BCUT2D eigenvalue weighted by molar-refractivity contribution is 6.14. The Morgan fingerprint density at radius 2 is 1.92 bits per heavy atom. The lowest BCUT2D eigenvalue weighted by Gasteiger charge is -2.28. The molecule has 2 fully saturated rings. The standard InChI is InChI=1S/C20H25N3O3/c1-6-10(3)23-17(24)14-12(5)22-20(15(14)18(23)25)13-8-7-9(2)11(4)16(13)21-19(20)26/h7-8,10,12,14-15,22H,6H2,1-5H3,(H,21,26)/p+1/t10-,12-,14+,15-,20+/m0/s1. The molecule has 0 bridgehead atoms. The Labute approximate surface area is 153 Å². The van der Waals surface area contributed by atoms with E-state index in [0.29, 0.717) is 6.42 Å². The molecule has 0 aromatic heterocycles. The molecule has 1 spiro atoms. The maximum atomic E-state index is 13.3.